The number of aromatic nitrogens is 2. The molecule has 0 bridgehead atoms. The van der Waals surface area contributed by atoms with Crippen molar-refractivity contribution in [3.63, 3.8) is 0 Å². The van der Waals surface area contributed by atoms with E-state index in [2.05, 4.69) is 26.8 Å². The Bertz CT molecular complexity index is 1280. The maximum Gasteiger partial charge on any atom is 0.165 e. The van der Waals surface area contributed by atoms with Gasteiger partial charge >= 0.3 is 0 Å². The van der Waals surface area contributed by atoms with Gasteiger partial charge in [0.05, 0.1) is 23.1 Å². The van der Waals surface area contributed by atoms with Crippen molar-refractivity contribution in [3.8, 4) is 17.2 Å². The van der Waals surface area contributed by atoms with E-state index in [0.29, 0.717) is 18.2 Å². The van der Waals surface area contributed by atoms with E-state index in [1.54, 1.807) is 30.3 Å². The predicted molar refractivity (Wildman–Crippen MR) is 124 cm³/mol. The molecule has 6 nitrogen and oxygen atoms in total. The Balaban J connectivity index is 1.45. The van der Waals surface area contributed by atoms with Crippen LogP contribution in [0.1, 0.15) is 0 Å². The predicted octanol–water partition coefficient (Wildman–Crippen LogP) is 5.69. The van der Waals surface area contributed by atoms with Gasteiger partial charge in [-0.1, -0.05) is 18.2 Å². The van der Waals surface area contributed by atoms with Crippen LogP contribution in [0.3, 0.4) is 0 Å². The van der Waals surface area contributed by atoms with E-state index in [1.165, 1.54) is 12.4 Å². The maximum absolute atomic E-state index is 13.8. The van der Waals surface area contributed by atoms with Gasteiger partial charge in [-0.25, -0.2) is 14.4 Å². The average molecular weight is 428 g/mol. The first-order valence-corrected chi connectivity index (χ1v) is 10.3. The fourth-order valence-electron chi connectivity index (χ4n) is 3.72. The first-order chi connectivity index (χ1) is 15.7. The van der Waals surface area contributed by atoms with Crippen LogP contribution in [0.4, 0.5) is 21.6 Å². The summed E-state index contributed by atoms with van der Waals surface area (Å²) >= 11 is 0. The Morgan fingerprint density at radius 1 is 1.09 bits per heavy atom. The summed E-state index contributed by atoms with van der Waals surface area (Å²) in [5, 5.41) is 4.17. The number of rotatable bonds is 6. The zero-order valence-electron chi connectivity index (χ0n) is 17.3. The quantitative estimate of drug-likeness (QED) is 0.398. The summed E-state index contributed by atoms with van der Waals surface area (Å²) in [5.74, 6) is 1.72. The molecular formula is C25H21FN4O2. The molecule has 160 valence electrons. The van der Waals surface area contributed by atoms with E-state index in [1.807, 2.05) is 30.3 Å². The van der Waals surface area contributed by atoms with Crippen molar-refractivity contribution in [2.24, 2.45) is 0 Å². The van der Waals surface area contributed by atoms with Crippen LogP contribution in [0, 0.1) is 5.82 Å². The molecule has 1 aromatic heterocycles. The molecule has 0 saturated carbocycles. The zero-order valence-corrected chi connectivity index (χ0v) is 17.3. The van der Waals surface area contributed by atoms with Gasteiger partial charge in [0.2, 0.25) is 0 Å². The summed E-state index contributed by atoms with van der Waals surface area (Å²) in [6.07, 6.45) is 3.40. The standard InChI is InChI=1S/C25H21FN4O2/c1-2-13-30-14-15-31-24-21(30)12-11-20-23(24)25(28-16-27-20)29-17-7-9-18(10-8-17)32-22-6-4-3-5-19(22)26/h2-12,16H,1,13-15H2,(H,27,28,29). The zero-order chi connectivity index (χ0) is 21.9. The van der Waals surface area contributed by atoms with Crippen molar-refractivity contribution in [2.45, 2.75) is 0 Å². The highest BCUT2D eigenvalue weighted by Gasteiger charge is 2.22. The first kappa shape index (κ1) is 19.8. The number of anilines is 3. The molecule has 2 heterocycles. The molecule has 1 N–H and O–H groups in total. The van der Waals surface area contributed by atoms with Gasteiger partial charge in [0.1, 0.15) is 24.5 Å². The fraction of sp³-hybridized carbons (Fsp3) is 0.120. The number of nitrogens with zero attached hydrogens (tertiary/aromatic N) is 3. The van der Waals surface area contributed by atoms with Gasteiger partial charge in [-0.05, 0) is 48.5 Å². The van der Waals surface area contributed by atoms with Crippen molar-refractivity contribution in [2.75, 3.05) is 29.9 Å². The molecular weight excluding hydrogens is 407 g/mol. The van der Waals surface area contributed by atoms with Gasteiger partial charge < -0.3 is 19.7 Å². The second-order valence-electron chi connectivity index (χ2n) is 7.30. The number of hydrogen-bond acceptors (Lipinski definition) is 6. The van der Waals surface area contributed by atoms with Crippen LogP contribution in [-0.4, -0.2) is 29.7 Å². The summed E-state index contributed by atoms with van der Waals surface area (Å²) in [6, 6.07) is 17.6. The Labute approximate surface area is 184 Å². The molecule has 0 unspecified atom stereocenters. The highest BCUT2D eigenvalue weighted by atomic mass is 19.1. The molecule has 7 heteroatoms. The molecule has 5 rings (SSSR count). The topological polar surface area (TPSA) is 59.5 Å². The molecule has 0 aliphatic carbocycles. The largest absolute Gasteiger partial charge is 0.489 e. The Morgan fingerprint density at radius 3 is 2.75 bits per heavy atom. The molecule has 4 aromatic rings. The first-order valence-electron chi connectivity index (χ1n) is 10.3. The molecule has 0 saturated heterocycles. The minimum Gasteiger partial charge on any atom is -0.489 e. The highest BCUT2D eigenvalue weighted by Crippen LogP contribution is 2.41. The Kier molecular flexibility index (Phi) is 5.29. The van der Waals surface area contributed by atoms with Gasteiger partial charge in [0.15, 0.2) is 17.3 Å². The monoisotopic (exact) mass is 428 g/mol. The molecule has 0 amide bonds. The number of para-hydroxylation sites is 1. The Hall–Kier alpha value is -4.13. The number of benzene rings is 3. The van der Waals surface area contributed by atoms with Crippen LogP contribution in [-0.2, 0) is 0 Å². The normalized spacial score (nSPS) is 12.7. The van der Waals surface area contributed by atoms with Gasteiger partial charge in [0, 0.05) is 12.2 Å². The van der Waals surface area contributed by atoms with Gasteiger partial charge in [-0.2, -0.15) is 0 Å². The Morgan fingerprint density at radius 2 is 1.94 bits per heavy atom. The number of nitrogens with one attached hydrogen (secondary N) is 1. The molecule has 32 heavy (non-hydrogen) atoms. The lowest BCUT2D eigenvalue weighted by molar-refractivity contribution is 0.313. The van der Waals surface area contributed by atoms with Crippen molar-refractivity contribution in [1.82, 2.24) is 9.97 Å². The van der Waals surface area contributed by atoms with Crippen molar-refractivity contribution in [3.05, 3.63) is 85.5 Å². The lowest BCUT2D eigenvalue weighted by atomic mass is 10.1. The molecule has 0 fully saturated rings. The van der Waals surface area contributed by atoms with Crippen LogP contribution in [0.5, 0.6) is 17.2 Å². The van der Waals surface area contributed by atoms with Crippen LogP contribution >= 0.6 is 0 Å². The number of halogens is 1. The van der Waals surface area contributed by atoms with Crippen LogP contribution in [0.25, 0.3) is 10.9 Å². The van der Waals surface area contributed by atoms with E-state index in [4.69, 9.17) is 9.47 Å². The minimum absolute atomic E-state index is 0.183. The van der Waals surface area contributed by atoms with Crippen LogP contribution < -0.4 is 19.7 Å². The van der Waals surface area contributed by atoms with Gasteiger partial charge in [-0.15, -0.1) is 6.58 Å². The van der Waals surface area contributed by atoms with Gasteiger partial charge in [0.25, 0.3) is 0 Å². The summed E-state index contributed by atoms with van der Waals surface area (Å²) in [4.78, 5) is 11.1. The van der Waals surface area contributed by atoms with E-state index in [-0.39, 0.29) is 5.75 Å². The van der Waals surface area contributed by atoms with E-state index >= 15 is 0 Å². The summed E-state index contributed by atoms with van der Waals surface area (Å²) in [7, 11) is 0. The SMILES string of the molecule is C=CCN1CCOc2c1ccc1ncnc(Nc3ccc(Oc4ccccc4F)cc3)c21. The fourth-order valence-corrected chi connectivity index (χ4v) is 3.72. The van der Waals surface area contributed by atoms with E-state index in [0.717, 1.165) is 41.1 Å². The van der Waals surface area contributed by atoms with Crippen molar-refractivity contribution < 1.29 is 13.9 Å². The number of hydrogen-bond donors (Lipinski definition) is 1. The molecule has 3 aromatic carbocycles. The van der Waals surface area contributed by atoms with Crippen LogP contribution in [0.15, 0.2) is 79.6 Å². The third-order valence-corrected chi connectivity index (χ3v) is 5.21. The minimum atomic E-state index is -0.405. The molecule has 0 radical (unpaired) electrons. The number of fused-ring (bicyclic) bond motifs is 3. The smallest absolute Gasteiger partial charge is 0.165 e. The maximum atomic E-state index is 13.8. The lowest BCUT2D eigenvalue weighted by Gasteiger charge is -2.31. The van der Waals surface area contributed by atoms with Crippen molar-refractivity contribution >= 4 is 28.1 Å². The van der Waals surface area contributed by atoms with Gasteiger partial charge in [-0.3, -0.25) is 0 Å². The highest BCUT2D eigenvalue weighted by molar-refractivity contribution is 6.00. The molecule has 0 spiro atoms. The van der Waals surface area contributed by atoms with Crippen LogP contribution in [0.2, 0.25) is 0 Å². The molecule has 1 aliphatic rings. The third kappa shape index (κ3) is 3.80. The average Bonchev–Trinajstić information content (AvgIpc) is 2.82. The third-order valence-electron chi connectivity index (χ3n) is 5.21. The lowest BCUT2D eigenvalue weighted by Crippen LogP contribution is -2.32. The summed E-state index contributed by atoms with van der Waals surface area (Å²) in [5.41, 5.74) is 2.60. The molecule has 1 aliphatic heterocycles. The van der Waals surface area contributed by atoms with E-state index < -0.39 is 5.82 Å². The van der Waals surface area contributed by atoms with E-state index in [9.17, 15) is 4.39 Å². The second kappa shape index (κ2) is 8.55. The van der Waals surface area contributed by atoms with Crippen molar-refractivity contribution in [1.29, 1.82) is 0 Å². The summed E-state index contributed by atoms with van der Waals surface area (Å²) < 4.78 is 25.5. The number of ether oxygens (including phenoxy) is 2. The molecule has 0 atom stereocenters. The second-order valence-corrected chi connectivity index (χ2v) is 7.30. The summed E-state index contributed by atoms with van der Waals surface area (Å²) in [6.45, 7) is 5.96.